The van der Waals surface area contributed by atoms with Crippen LogP contribution < -0.4 is 5.73 Å². The van der Waals surface area contributed by atoms with Gasteiger partial charge >= 0.3 is 0 Å². The van der Waals surface area contributed by atoms with E-state index in [1.165, 1.54) is 12.0 Å². The van der Waals surface area contributed by atoms with E-state index in [0.717, 1.165) is 23.3 Å². The van der Waals surface area contributed by atoms with Crippen LogP contribution in [0, 0.1) is 11.8 Å². The molecule has 1 aliphatic rings. The standard InChI is InChI=1S/C12H16ClN/c1-8-6-11(8)12(14)7-9-2-4-10(13)5-3-9/h2-5,8,11-12H,6-7,14H2,1H3. The number of rotatable bonds is 3. The van der Waals surface area contributed by atoms with Crippen molar-refractivity contribution >= 4 is 11.6 Å². The normalized spacial score (nSPS) is 27.4. The first-order valence-corrected chi connectivity index (χ1v) is 5.54. The molecule has 1 aliphatic carbocycles. The molecule has 0 heterocycles. The van der Waals surface area contributed by atoms with Gasteiger partial charge in [0.05, 0.1) is 0 Å². The van der Waals surface area contributed by atoms with Crippen LogP contribution in [0.3, 0.4) is 0 Å². The van der Waals surface area contributed by atoms with Gasteiger partial charge in [-0.25, -0.2) is 0 Å². The molecule has 2 heteroatoms. The molecule has 2 rings (SSSR count). The van der Waals surface area contributed by atoms with Gasteiger partial charge < -0.3 is 5.73 Å². The minimum absolute atomic E-state index is 0.325. The highest BCUT2D eigenvalue weighted by molar-refractivity contribution is 6.30. The van der Waals surface area contributed by atoms with E-state index in [2.05, 4.69) is 19.1 Å². The van der Waals surface area contributed by atoms with Crippen LogP contribution in [0.2, 0.25) is 5.02 Å². The van der Waals surface area contributed by atoms with Gasteiger partial charge in [-0.2, -0.15) is 0 Å². The van der Waals surface area contributed by atoms with Crippen LogP contribution in [0.1, 0.15) is 18.9 Å². The fourth-order valence-corrected chi connectivity index (χ4v) is 2.12. The van der Waals surface area contributed by atoms with E-state index in [1.54, 1.807) is 0 Å². The van der Waals surface area contributed by atoms with Crippen LogP contribution in [0.4, 0.5) is 0 Å². The molecule has 1 fully saturated rings. The number of hydrogen-bond acceptors (Lipinski definition) is 1. The molecule has 1 nitrogen and oxygen atoms in total. The van der Waals surface area contributed by atoms with Gasteiger partial charge in [0.25, 0.3) is 0 Å². The molecular weight excluding hydrogens is 194 g/mol. The van der Waals surface area contributed by atoms with E-state index in [0.29, 0.717) is 6.04 Å². The monoisotopic (exact) mass is 209 g/mol. The van der Waals surface area contributed by atoms with Crippen molar-refractivity contribution in [2.75, 3.05) is 0 Å². The number of benzene rings is 1. The molecule has 0 saturated heterocycles. The summed E-state index contributed by atoms with van der Waals surface area (Å²) in [6, 6.07) is 8.32. The van der Waals surface area contributed by atoms with Crippen LogP contribution in [0.25, 0.3) is 0 Å². The van der Waals surface area contributed by atoms with Crippen LogP contribution in [-0.2, 0) is 6.42 Å². The van der Waals surface area contributed by atoms with Gasteiger partial charge in [-0.05, 0) is 42.4 Å². The Hall–Kier alpha value is -0.530. The largest absolute Gasteiger partial charge is 0.327 e. The van der Waals surface area contributed by atoms with E-state index >= 15 is 0 Å². The summed E-state index contributed by atoms with van der Waals surface area (Å²) in [6.07, 6.45) is 2.28. The van der Waals surface area contributed by atoms with Crippen LogP contribution >= 0.6 is 11.6 Å². The summed E-state index contributed by atoms with van der Waals surface area (Å²) in [6.45, 7) is 2.27. The van der Waals surface area contributed by atoms with Crippen molar-refractivity contribution in [1.29, 1.82) is 0 Å². The lowest BCUT2D eigenvalue weighted by Gasteiger charge is -2.10. The maximum Gasteiger partial charge on any atom is 0.0406 e. The van der Waals surface area contributed by atoms with Crippen molar-refractivity contribution in [3.8, 4) is 0 Å². The van der Waals surface area contributed by atoms with Crippen LogP contribution in [-0.4, -0.2) is 6.04 Å². The van der Waals surface area contributed by atoms with E-state index in [9.17, 15) is 0 Å². The van der Waals surface area contributed by atoms with Gasteiger partial charge in [0, 0.05) is 11.1 Å². The fraction of sp³-hybridized carbons (Fsp3) is 0.500. The van der Waals surface area contributed by atoms with Gasteiger partial charge in [-0.1, -0.05) is 30.7 Å². The van der Waals surface area contributed by atoms with Crippen molar-refractivity contribution in [2.24, 2.45) is 17.6 Å². The summed E-state index contributed by atoms with van der Waals surface area (Å²) >= 11 is 5.82. The van der Waals surface area contributed by atoms with Crippen molar-refractivity contribution in [3.05, 3.63) is 34.9 Å². The molecule has 14 heavy (non-hydrogen) atoms. The molecule has 2 N–H and O–H groups in total. The second-order valence-corrected chi connectivity index (χ2v) is 4.81. The van der Waals surface area contributed by atoms with E-state index < -0.39 is 0 Å². The Bertz CT molecular complexity index is 307. The average molecular weight is 210 g/mol. The highest BCUT2D eigenvalue weighted by Gasteiger charge is 2.37. The molecule has 1 aromatic carbocycles. The predicted octanol–water partition coefficient (Wildman–Crippen LogP) is 2.87. The van der Waals surface area contributed by atoms with Gasteiger partial charge in [-0.3, -0.25) is 0 Å². The van der Waals surface area contributed by atoms with Crippen molar-refractivity contribution in [2.45, 2.75) is 25.8 Å². The second-order valence-electron chi connectivity index (χ2n) is 4.37. The Morgan fingerprint density at radius 1 is 1.43 bits per heavy atom. The van der Waals surface area contributed by atoms with E-state index in [4.69, 9.17) is 17.3 Å². The second kappa shape index (κ2) is 3.92. The molecule has 3 atom stereocenters. The molecule has 76 valence electrons. The lowest BCUT2D eigenvalue weighted by Crippen LogP contribution is -2.25. The molecule has 1 saturated carbocycles. The molecule has 0 bridgehead atoms. The summed E-state index contributed by atoms with van der Waals surface area (Å²) in [7, 11) is 0. The third-order valence-electron chi connectivity index (χ3n) is 3.11. The Balaban J connectivity index is 1.93. The highest BCUT2D eigenvalue weighted by Crippen LogP contribution is 2.40. The first-order valence-electron chi connectivity index (χ1n) is 5.17. The maximum atomic E-state index is 6.11. The molecule has 0 aromatic heterocycles. The molecule has 3 unspecified atom stereocenters. The SMILES string of the molecule is CC1CC1C(N)Cc1ccc(Cl)cc1. The van der Waals surface area contributed by atoms with Crippen LogP contribution in [0.5, 0.6) is 0 Å². The lowest BCUT2D eigenvalue weighted by molar-refractivity contribution is 0.560. The van der Waals surface area contributed by atoms with E-state index in [-0.39, 0.29) is 0 Å². The third-order valence-corrected chi connectivity index (χ3v) is 3.36. The molecule has 0 spiro atoms. The smallest absolute Gasteiger partial charge is 0.0406 e. The topological polar surface area (TPSA) is 26.0 Å². The first-order chi connectivity index (χ1) is 6.66. The van der Waals surface area contributed by atoms with Crippen molar-refractivity contribution in [3.63, 3.8) is 0 Å². The third kappa shape index (κ3) is 2.28. The summed E-state index contributed by atoms with van der Waals surface area (Å²) in [4.78, 5) is 0. The average Bonchev–Trinajstić information content (AvgIpc) is 2.87. The molecule has 1 aromatic rings. The van der Waals surface area contributed by atoms with Gasteiger partial charge in [0.15, 0.2) is 0 Å². The first kappa shape index (κ1) is 10.0. The summed E-state index contributed by atoms with van der Waals surface area (Å²) in [5, 5.41) is 0.794. The van der Waals surface area contributed by atoms with E-state index in [1.807, 2.05) is 12.1 Å². The van der Waals surface area contributed by atoms with Gasteiger partial charge in [0.1, 0.15) is 0 Å². The van der Waals surface area contributed by atoms with Gasteiger partial charge in [-0.15, -0.1) is 0 Å². The molecule has 0 radical (unpaired) electrons. The lowest BCUT2D eigenvalue weighted by atomic mass is 10.0. The molecule has 0 aliphatic heterocycles. The Morgan fingerprint density at radius 3 is 2.50 bits per heavy atom. The zero-order valence-corrected chi connectivity index (χ0v) is 9.17. The minimum Gasteiger partial charge on any atom is -0.327 e. The predicted molar refractivity (Wildman–Crippen MR) is 60.4 cm³/mol. The van der Waals surface area contributed by atoms with Crippen molar-refractivity contribution in [1.82, 2.24) is 0 Å². The number of halogens is 1. The zero-order chi connectivity index (χ0) is 10.1. The summed E-state index contributed by atoms with van der Waals surface area (Å²) in [5.74, 6) is 1.57. The maximum absolute atomic E-state index is 6.11. The fourth-order valence-electron chi connectivity index (χ4n) is 1.99. The number of nitrogens with two attached hydrogens (primary N) is 1. The molecule has 0 amide bonds. The zero-order valence-electron chi connectivity index (χ0n) is 8.41. The molecular formula is C12H16ClN. The van der Waals surface area contributed by atoms with Gasteiger partial charge in [0.2, 0.25) is 0 Å². The quantitative estimate of drug-likeness (QED) is 0.814. The van der Waals surface area contributed by atoms with Crippen LogP contribution in [0.15, 0.2) is 24.3 Å². The number of hydrogen-bond donors (Lipinski definition) is 1. The Labute approximate surface area is 90.3 Å². The summed E-state index contributed by atoms with van der Waals surface area (Å²) < 4.78 is 0. The Morgan fingerprint density at radius 2 is 2.00 bits per heavy atom. The Kier molecular flexibility index (Phi) is 2.80. The van der Waals surface area contributed by atoms with Crippen molar-refractivity contribution < 1.29 is 0 Å². The summed E-state index contributed by atoms with van der Waals surface area (Å²) in [5.41, 5.74) is 7.40. The highest BCUT2D eigenvalue weighted by atomic mass is 35.5. The minimum atomic E-state index is 0.325.